The number of amides is 1. The Morgan fingerprint density at radius 1 is 1.30 bits per heavy atom. The molecule has 2 N–H and O–H groups in total. The third-order valence-corrected chi connectivity index (χ3v) is 2.70. The van der Waals surface area contributed by atoms with Crippen LogP contribution in [-0.2, 0) is 4.79 Å². The highest BCUT2D eigenvalue weighted by atomic mass is 16.5. The monoisotopic (exact) mass is 272 g/mol. The number of ether oxygens (including phenoxy) is 1. The van der Waals surface area contributed by atoms with Gasteiger partial charge in [0.2, 0.25) is 11.8 Å². The second-order valence-corrected chi connectivity index (χ2v) is 4.16. The summed E-state index contributed by atoms with van der Waals surface area (Å²) in [5.74, 6) is 0.843. The summed E-state index contributed by atoms with van der Waals surface area (Å²) in [6, 6.07) is 9.24. The Morgan fingerprint density at radius 3 is 2.85 bits per heavy atom. The Balaban J connectivity index is 1.90. The maximum Gasteiger partial charge on any atom is 0.243 e. The van der Waals surface area contributed by atoms with Crippen molar-refractivity contribution < 1.29 is 9.53 Å². The van der Waals surface area contributed by atoms with Crippen LogP contribution in [-0.4, -0.2) is 29.5 Å². The van der Waals surface area contributed by atoms with E-state index in [2.05, 4.69) is 20.6 Å². The predicted octanol–water partition coefficient (Wildman–Crippen LogP) is 1.84. The van der Waals surface area contributed by atoms with E-state index in [9.17, 15) is 4.79 Å². The van der Waals surface area contributed by atoms with Crippen LogP contribution in [0.15, 0.2) is 36.7 Å². The first-order valence-corrected chi connectivity index (χ1v) is 6.14. The second-order valence-electron chi connectivity index (χ2n) is 4.16. The zero-order valence-electron chi connectivity index (χ0n) is 11.4. The molecule has 1 aromatic heterocycles. The summed E-state index contributed by atoms with van der Waals surface area (Å²) in [7, 11) is 1.52. The summed E-state index contributed by atoms with van der Waals surface area (Å²) in [4.78, 5) is 19.7. The first-order valence-electron chi connectivity index (χ1n) is 6.14. The number of aromatic nitrogens is 2. The van der Waals surface area contributed by atoms with Crippen LogP contribution in [0.2, 0.25) is 0 Å². The molecule has 0 atom stereocenters. The number of rotatable bonds is 5. The van der Waals surface area contributed by atoms with Gasteiger partial charge in [0.15, 0.2) is 0 Å². The average molecular weight is 272 g/mol. The molecular formula is C14H16N4O2. The molecular weight excluding hydrogens is 256 g/mol. The molecule has 0 saturated heterocycles. The molecule has 2 rings (SSSR count). The van der Waals surface area contributed by atoms with Crippen LogP contribution < -0.4 is 15.4 Å². The maximum absolute atomic E-state index is 11.8. The lowest BCUT2D eigenvalue weighted by atomic mass is 10.2. The van der Waals surface area contributed by atoms with E-state index in [1.54, 1.807) is 6.07 Å². The van der Waals surface area contributed by atoms with Crippen molar-refractivity contribution in [1.29, 1.82) is 0 Å². The fourth-order valence-electron chi connectivity index (χ4n) is 1.63. The molecule has 1 amide bonds. The molecule has 6 nitrogen and oxygen atoms in total. The summed E-state index contributed by atoms with van der Waals surface area (Å²) < 4.78 is 4.98. The molecule has 0 aliphatic carbocycles. The van der Waals surface area contributed by atoms with E-state index in [1.807, 2.05) is 31.2 Å². The number of hydrogen-bond acceptors (Lipinski definition) is 5. The smallest absolute Gasteiger partial charge is 0.243 e. The Hall–Kier alpha value is -2.63. The van der Waals surface area contributed by atoms with Crippen molar-refractivity contribution in [3.8, 4) is 5.88 Å². The first kappa shape index (κ1) is 13.8. The van der Waals surface area contributed by atoms with Gasteiger partial charge in [-0.25, -0.2) is 9.97 Å². The van der Waals surface area contributed by atoms with E-state index in [-0.39, 0.29) is 12.5 Å². The summed E-state index contributed by atoms with van der Waals surface area (Å²) >= 11 is 0. The van der Waals surface area contributed by atoms with Gasteiger partial charge in [-0.2, -0.15) is 0 Å². The second kappa shape index (κ2) is 6.51. The van der Waals surface area contributed by atoms with Crippen LogP contribution >= 0.6 is 0 Å². The first-order chi connectivity index (χ1) is 9.69. The molecule has 2 aromatic rings. The van der Waals surface area contributed by atoms with Crippen LogP contribution in [0.1, 0.15) is 5.56 Å². The topological polar surface area (TPSA) is 76.1 Å². The third kappa shape index (κ3) is 3.68. The summed E-state index contributed by atoms with van der Waals surface area (Å²) in [6.07, 6.45) is 1.38. The van der Waals surface area contributed by atoms with Gasteiger partial charge in [-0.05, 0) is 18.6 Å². The fraction of sp³-hybridized carbons (Fsp3) is 0.214. The van der Waals surface area contributed by atoms with Gasteiger partial charge in [-0.3, -0.25) is 4.79 Å². The van der Waals surface area contributed by atoms with Gasteiger partial charge in [0.1, 0.15) is 12.1 Å². The number of methoxy groups -OCH3 is 1. The van der Waals surface area contributed by atoms with E-state index >= 15 is 0 Å². The van der Waals surface area contributed by atoms with Crippen molar-refractivity contribution in [3.63, 3.8) is 0 Å². The fourth-order valence-corrected chi connectivity index (χ4v) is 1.63. The molecule has 0 spiro atoms. The van der Waals surface area contributed by atoms with Crippen molar-refractivity contribution in [2.45, 2.75) is 6.92 Å². The summed E-state index contributed by atoms with van der Waals surface area (Å²) in [6.45, 7) is 2.06. The molecule has 0 aliphatic rings. The van der Waals surface area contributed by atoms with Crippen LogP contribution in [0.25, 0.3) is 0 Å². The number of nitrogens with zero attached hydrogens (tertiary/aromatic N) is 2. The van der Waals surface area contributed by atoms with E-state index in [4.69, 9.17) is 4.74 Å². The standard InChI is InChI=1S/C14H16N4O2/c1-10-5-3-4-6-11(10)18-13(19)8-15-12-7-14(20-2)17-9-16-12/h3-7,9H,8H2,1-2H3,(H,18,19)(H,15,16,17). The van der Waals surface area contributed by atoms with Gasteiger partial charge in [0.05, 0.1) is 13.7 Å². The maximum atomic E-state index is 11.8. The predicted molar refractivity (Wildman–Crippen MR) is 76.9 cm³/mol. The Bertz CT molecular complexity index is 601. The van der Waals surface area contributed by atoms with E-state index < -0.39 is 0 Å². The van der Waals surface area contributed by atoms with Crippen LogP contribution in [0.5, 0.6) is 5.88 Å². The molecule has 0 saturated carbocycles. The minimum atomic E-state index is -0.142. The molecule has 0 unspecified atom stereocenters. The van der Waals surface area contributed by atoms with Gasteiger partial charge in [0, 0.05) is 11.8 Å². The van der Waals surface area contributed by atoms with Crippen LogP contribution in [0, 0.1) is 6.92 Å². The molecule has 1 aromatic carbocycles. The normalized spacial score (nSPS) is 9.90. The average Bonchev–Trinajstić information content (AvgIpc) is 2.48. The Morgan fingerprint density at radius 2 is 2.10 bits per heavy atom. The summed E-state index contributed by atoms with van der Waals surface area (Å²) in [5.41, 5.74) is 1.82. The molecule has 6 heteroatoms. The van der Waals surface area contributed by atoms with Crippen LogP contribution in [0.4, 0.5) is 11.5 Å². The number of aryl methyl sites for hydroxylation is 1. The van der Waals surface area contributed by atoms with Gasteiger partial charge in [0.25, 0.3) is 0 Å². The molecule has 20 heavy (non-hydrogen) atoms. The van der Waals surface area contributed by atoms with Crippen molar-refractivity contribution in [3.05, 3.63) is 42.2 Å². The molecule has 0 bridgehead atoms. The minimum absolute atomic E-state index is 0.120. The number of hydrogen-bond donors (Lipinski definition) is 2. The minimum Gasteiger partial charge on any atom is -0.481 e. The van der Waals surface area contributed by atoms with Gasteiger partial charge in [-0.15, -0.1) is 0 Å². The number of anilines is 2. The largest absolute Gasteiger partial charge is 0.481 e. The van der Waals surface area contributed by atoms with Crippen molar-refractivity contribution in [2.75, 3.05) is 24.3 Å². The van der Waals surface area contributed by atoms with Crippen molar-refractivity contribution in [2.24, 2.45) is 0 Å². The Kier molecular flexibility index (Phi) is 4.49. The highest BCUT2D eigenvalue weighted by Crippen LogP contribution is 2.13. The number of carbonyl (C=O) groups excluding carboxylic acids is 1. The molecule has 0 radical (unpaired) electrons. The zero-order chi connectivity index (χ0) is 14.4. The lowest BCUT2D eigenvalue weighted by Gasteiger charge is -2.09. The molecule has 0 aliphatic heterocycles. The quantitative estimate of drug-likeness (QED) is 0.868. The number of benzene rings is 1. The SMILES string of the molecule is COc1cc(NCC(=O)Nc2ccccc2C)ncn1. The van der Waals surface area contributed by atoms with Gasteiger partial charge in [-0.1, -0.05) is 18.2 Å². The summed E-state index contributed by atoms with van der Waals surface area (Å²) in [5, 5.41) is 5.75. The molecule has 104 valence electrons. The third-order valence-electron chi connectivity index (χ3n) is 2.70. The zero-order valence-corrected chi connectivity index (χ0v) is 11.4. The highest BCUT2D eigenvalue weighted by Gasteiger charge is 2.05. The van der Waals surface area contributed by atoms with Crippen molar-refractivity contribution >= 4 is 17.4 Å². The van der Waals surface area contributed by atoms with Gasteiger partial charge >= 0.3 is 0 Å². The lowest BCUT2D eigenvalue weighted by Crippen LogP contribution is -2.22. The van der Waals surface area contributed by atoms with E-state index in [0.29, 0.717) is 11.7 Å². The number of nitrogens with one attached hydrogen (secondary N) is 2. The number of para-hydroxylation sites is 1. The molecule has 0 fully saturated rings. The lowest BCUT2D eigenvalue weighted by molar-refractivity contribution is -0.114. The number of carbonyl (C=O) groups is 1. The van der Waals surface area contributed by atoms with E-state index in [0.717, 1.165) is 11.3 Å². The van der Waals surface area contributed by atoms with Gasteiger partial charge < -0.3 is 15.4 Å². The van der Waals surface area contributed by atoms with Crippen LogP contribution in [0.3, 0.4) is 0 Å². The molecule has 1 heterocycles. The highest BCUT2D eigenvalue weighted by molar-refractivity contribution is 5.94. The van der Waals surface area contributed by atoms with Crippen molar-refractivity contribution in [1.82, 2.24) is 9.97 Å². The van der Waals surface area contributed by atoms with E-state index in [1.165, 1.54) is 13.4 Å². The Labute approximate surface area is 117 Å².